The van der Waals surface area contributed by atoms with E-state index in [0.717, 1.165) is 13.0 Å². The van der Waals surface area contributed by atoms with Gasteiger partial charge in [-0.05, 0) is 14.0 Å². The van der Waals surface area contributed by atoms with Gasteiger partial charge >= 0.3 is 5.97 Å². The Morgan fingerprint density at radius 3 is 2.79 bits per heavy atom. The van der Waals surface area contributed by atoms with Crippen molar-refractivity contribution in [1.29, 1.82) is 0 Å². The van der Waals surface area contributed by atoms with Crippen molar-refractivity contribution in [3.63, 3.8) is 0 Å². The molecular formula is C11H17NO2. The fourth-order valence-electron chi connectivity index (χ4n) is 2.04. The van der Waals surface area contributed by atoms with Crippen LogP contribution in [0.25, 0.3) is 0 Å². The highest BCUT2D eigenvalue weighted by Gasteiger charge is 2.45. The molecule has 2 unspecified atom stereocenters. The molecule has 0 saturated carbocycles. The minimum atomic E-state index is -0.463. The molecule has 14 heavy (non-hydrogen) atoms. The van der Waals surface area contributed by atoms with E-state index in [1.165, 1.54) is 6.92 Å². The summed E-state index contributed by atoms with van der Waals surface area (Å²) < 4.78 is 5.40. The first-order valence-electron chi connectivity index (χ1n) is 4.85. The maximum absolute atomic E-state index is 11.0. The Bertz CT molecular complexity index is 269. The van der Waals surface area contributed by atoms with Crippen molar-refractivity contribution in [2.75, 3.05) is 13.6 Å². The Balaban J connectivity index is 2.83. The Morgan fingerprint density at radius 2 is 2.43 bits per heavy atom. The van der Waals surface area contributed by atoms with E-state index < -0.39 is 5.60 Å². The van der Waals surface area contributed by atoms with Gasteiger partial charge in [-0.2, -0.15) is 0 Å². The summed E-state index contributed by atoms with van der Waals surface area (Å²) in [4.78, 5) is 13.2. The minimum Gasteiger partial charge on any atom is -0.457 e. The molecule has 0 amide bonds. The Hall–Kier alpha value is -1.01. The van der Waals surface area contributed by atoms with Gasteiger partial charge in [0.2, 0.25) is 0 Å². The van der Waals surface area contributed by atoms with Gasteiger partial charge < -0.3 is 4.74 Å². The minimum absolute atomic E-state index is 0.197. The number of likely N-dealkylation sites (N-methyl/N-ethyl adjacent to an activating group) is 1. The van der Waals surface area contributed by atoms with Crippen LogP contribution in [0.3, 0.4) is 0 Å². The summed E-state index contributed by atoms with van der Waals surface area (Å²) in [5.41, 5.74) is -0.463. The molecule has 0 radical (unpaired) electrons. The third-order valence-corrected chi connectivity index (χ3v) is 3.06. The first kappa shape index (κ1) is 11.1. The van der Waals surface area contributed by atoms with Crippen LogP contribution in [-0.2, 0) is 9.53 Å². The molecule has 0 aromatic rings. The summed E-state index contributed by atoms with van der Waals surface area (Å²) in [5, 5.41) is 0. The third-order valence-electron chi connectivity index (χ3n) is 3.06. The van der Waals surface area contributed by atoms with Gasteiger partial charge in [0.25, 0.3) is 0 Å². The summed E-state index contributed by atoms with van der Waals surface area (Å²) in [6.45, 7) is 4.41. The van der Waals surface area contributed by atoms with Crippen molar-refractivity contribution >= 4 is 5.97 Å². The van der Waals surface area contributed by atoms with Crippen molar-refractivity contribution in [2.24, 2.45) is 0 Å². The topological polar surface area (TPSA) is 29.5 Å². The summed E-state index contributed by atoms with van der Waals surface area (Å²) in [6, 6.07) is 0.197. The second-order valence-corrected chi connectivity index (χ2v) is 3.95. The van der Waals surface area contributed by atoms with Crippen LogP contribution in [0.4, 0.5) is 0 Å². The lowest BCUT2D eigenvalue weighted by Crippen LogP contribution is -2.44. The molecule has 1 saturated heterocycles. The first-order valence-corrected chi connectivity index (χ1v) is 4.85. The van der Waals surface area contributed by atoms with Gasteiger partial charge in [0, 0.05) is 25.9 Å². The number of carbonyl (C=O) groups is 1. The molecule has 0 bridgehead atoms. The molecule has 2 atom stereocenters. The van der Waals surface area contributed by atoms with Gasteiger partial charge in [-0.1, -0.05) is 0 Å². The van der Waals surface area contributed by atoms with Crippen LogP contribution < -0.4 is 0 Å². The second kappa shape index (κ2) is 4.02. The Labute approximate surface area is 85.4 Å². The van der Waals surface area contributed by atoms with Crippen molar-refractivity contribution < 1.29 is 9.53 Å². The molecular weight excluding hydrogens is 178 g/mol. The summed E-state index contributed by atoms with van der Waals surface area (Å²) in [7, 11) is 2.02. The van der Waals surface area contributed by atoms with Crippen molar-refractivity contribution in [3.05, 3.63) is 0 Å². The summed E-state index contributed by atoms with van der Waals surface area (Å²) in [6.07, 6.45) is 6.64. The molecule has 0 aromatic heterocycles. The fraction of sp³-hybridized carbons (Fsp3) is 0.727. The van der Waals surface area contributed by atoms with Crippen LogP contribution in [0.2, 0.25) is 0 Å². The van der Waals surface area contributed by atoms with Crippen LogP contribution >= 0.6 is 0 Å². The molecule has 1 aliphatic heterocycles. The van der Waals surface area contributed by atoms with E-state index >= 15 is 0 Å². The SMILES string of the molecule is C#CCC1(OC(C)=O)CCN(C)C1C. The number of carbonyl (C=O) groups excluding carboxylic acids is 1. The lowest BCUT2D eigenvalue weighted by molar-refractivity contribution is -0.158. The van der Waals surface area contributed by atoms with Gasteiger partial charge in [-0.15, -0.1) is 12.3 Å². The van der Waals surface area contributed by atoms with Crippen molar-refractivity contribution in [2.45, 2.75) is 38.3 Å². The molecule has 0 N–H and O–H groups in total. The summed E-state index contributed by atoms with van der Waals surface area (Å²) >= 11 is 0. The smallest absolute Gasteiger partial charge is 0.303 e. The van der Waals surface area contributed by atoms with E-state index in [-0.39, 0.29) is 12.0 Å². The molecule has 3 heteroatoms. The second-order valence-electron chi connectivity index (χ2n) is 3.95. The van der Waals surface area contributed by atoms with Gasteiger partial charge in [0.05, 0.1) is 6.42 Å². The van der Waals surface area contributed by atoms with Gasteiger partial charge in [0.1, 0.15) is 5.60 Å². The van der Waals surface area contributed by atoms with Gasteiger partial charge in [0.15, 0.2) is 0 Å². The predicted octanol–water partition coefficient (Wildman–Crippen LogP) is 1.04. The van der Waals surface area contributed by atoms with Crippen LogP contribution in [0, 0.1) is 12.3 Å². The number of esters is 1. The van der Waals surface area contributed by atoms with Crippen molar-refractivity contribution in [1.82, 2.24) is 4.90 Å². The highest BCUT2D eigenvalue weighted by atomic mass is 16.6. The molecule has 3 nitrogen and oxygen atoms in total. The number of hydrogen-bond donors (Lipinski definition) is 0. The van der Waals surface area contributed by atoms with Gasteiger partial charge in [-0.3, -0.25) is 9.69 Å². The zero-order valence-electron chi connectivity index (χ0n) is 9.04. The van der Waals surface area contributed by atoms with E-state index in [1.54, 1.807) is 0 Å². The Kier molecular flexibility index (Phi) is 3.17. The number of likely N-dealkylation sites (tertiary alicyclic amines) is 1. The predicted molar refractivity (Wildman–Crippen MR) is 54.7 cm³/mol. The Morgan fingerprint density at radius 1 is 1.79 bits per heavy atom. The normalized spacial score (nSPS) is 32.6. The highest BCUT2D eigenvalue weighted by Crippen LogP contribution is 2.34. The van der Waals surface area contributed by atoms with E-state index in [2.05, 4.69) is 10.8 Å². The molecule has 78 valence electrons. The number of terminal acetylenes is 1. The number of ether oxygens (including phenoxy) is 1. The number of hydrogen-bond acceptors (Lipinski definition) is 3. The largest absolute Gasteiger partial charge is 0.457 e. The fourth-order valence-corrected chi connectivity index (χ4v) is 2.04. The van der Waals surface area contributed by atoms with Crippen molar-refractivity contribution in [3.8, 4) is 12.3 Å². The molecule has 0 aliphatic carbocycles. The molecule has 1 heterocycles. The zero-order valence-corrected chi connectivity index (χ0v) is 9.04. The zero-order chi connectivity index (χ0) is 10.8. The van der Waals surface area contributed by atoms with E-state index in [4.69, 9.17) is 11.2 Å². The highest BCUT2D eigenvalue weighted by molar-refractivity contribution is 5.66. The third kappa shape index (κ3) is 1.91. The van der Waals surface area contributed by atoms with Crippen LogP contribution in [0.1, 0.15) is 26.7 Å². The van der Waals surface area contributed by atoms with Crippen LogP contribution in [-0.4, -0.2) is 36.1 Å². The number of nitrogens with zero attached hydrogens (tertiary/aromatic N) is 1. The number of rotatable bonds is 2. The summed E-state index contributed by atoms with van der Waals surface area (Å²) in [5.74, 6) is 2.36. The average molecular weight is 195 g/mol. The lowest BCUT2D eigenvalue weighted by Gasteiger charge is -2.32. The standard InChI is InChI=1S/C11H17NO2/c1-5-6-11(14-10(3)13)7-8-12(4)9(11)2/h1,9H,6-8H2,2-4H3. The molecule has 1 fully saturated rings. The van der Waals surface area contributed by atoms with Gasteiger partial charge in [-0.25, -0.2) is 0 Å². The average Bonchev–Trinajstić information content (AvgIpc) is 2.34. The van der Waals surface area contributed by atoms with Crippen LogP contribution in [0.15, 0.2) is 0 Å². The molecule has 1 rings (SSSR count). The van der Waals surface area contributed by atoms with E-state index in [1.807, 2.05) is 14.0 Å². The lowest BCUT2D eigenvalue weighted by atomic mass is 9.92. The molecule has 0 aromatic carbocycles. The maximum atomic E-state index is 11.0. The maximum Gasteiger partial charge on any atom is 0.303 e. The van der Waals surface area contributed by atoms with Crippen LogP contribution in [0.5, 0.6) is 0 Å². The molecule has 0 spiro atoms. The van der Waals surface area contributed by atoms with E-state index in [0.29, 0.717) is 6.42 Å². The molecule has 1 aliphatic rings. The first-order chi connectivity index (χ1) is 6.52. The quantitative estimate of drug-likeness (QED) is 0.487. The van der Waals surface area contributed by atoms with E-state index in [9.17, 15) is 4.79 Å². The monoisotopic (exact) mass is 195 g/mol.